The normalized spacial score (nSPS) is 9.84. The summed E-state index contributed by atoms with van der Waals surface area (Å²) in [5, 5.41) is 3.21. The van der Waals surface area contributed by atoms with E-state index in [9.17, 15) is 9.59 Å². The molecule has 0 heterocycles. The van der Waals surface area contributed by atoms with Crippen LogP contribution in [0.1, 0.15) is 18.4 Å². The molecule has 0 saturated carbocycles. The third-order valence-electron chi connectivity index (χ3n) is 2.52. The van der Waals surface area contributed by atoms with E-state index in [0.717, 1.165) is 5.56 Å². The number of amides is 1. The molecule has 0 aliphatic rings. The highest BCUT2D eigenvalue weighted by Crippen LogP contribution is 2.22. The summed E-state index contributed by atoms with van der Waals surface area (Å²) >= 11 is 6.04. The van der Waals surface area contributed by atoms with Crippen molar-refractivity contribution in [2.45, 2.75) is 19.4 Å². The Morgan fingerprint density at radius 1 is 1.26 bits per heavy atom. The van der Waals surface area contributed by atoms with E-state index in [1.165, 1.54) is 7.11 Å². The zero-order valence-corrected chi connectivity index (χ0v) is 11.6. The Morgan fingerprint density at radius 2 is 2.00 bits per heavy atom. The SMILES string of the molecule is COC(=O)CCC(=O)NCc1ccc(OC)cc1Cl. The molecule has 0 bridgehead atoms. The predicted molar refractivity (Wildman–Crippen MR) is 71.1 cm³/mol. The fraction of sp³-hybridized carbons (Fsp3) is 0.385. The maximum atomic E-state index is 11.5. The van der Waals surface area contributed by atoms with Gasteiger partial charge in [0.1, 0.15) is 5.75 Å². The lowest BCUT2D eigenvalue weighted by Gasteiger charge is -2.08. The van der Waals surface area contributed by atoms with Crippen LogP contribution in [0.2, 0.25) is 5.02 Å². The largest absolute Gasteiger partial charge is 0.497 e. The topological polar surface area (TPSA) is 64.6 Å². The van der Waals surface area contributed by atoms with E-state index >= 15 is 0 Å². The van der Waals surface area contributed by atoms with Crippen LogP contribution in [0.15, 0.2) is 18.2 Å². The van der Waals surface area contributed by atoms with E-state index < -0.39 is 5.97 Å². The average molecular weight is 286 g/mol. The first-order valence-corrected chi connectivity index (χ1v) is 6.10. The van der Waals surface area contributed by atoms with Crippen molar-refractivity contribution in [1.82, 2.24) is 5.32 Å². The van der Waals surface area contributed by atoms with E-state index in [0.29, 0.717) is 17.3 Å². The Hall–Kier alpha value is -1.75. The minimum absolute atomic E-state index is 0.0681. The summed E-state index contributed by atoms with van der Waals surface area (Å²) in [6.45, 7) is 0.308. The molecule has 0 spiro atoms. The fourth-order valence-electron chi connectivity index (χ4n) is 1.40. The third-order valence-corrected chi connectivity index (χ3v) is 2.87. The lowest BCUT2D eigenvalue weighted by molar-refractivity contribution is -0.142. The Morgan fingerprint density at radius 3 is 2.58 bits per heavy atom. The van der Waals surface area contributed by atoms with Crippen LogP contribution in [-0.4, -0.2) is 26.1 Å². The molecule has 0 atom stereocenters. The van der Waals surface area contributed by atoms with Crippen molar-refractivity contribution in [2.24, 2.45) is 0 Å². The quantitative estimate of drug-likeness (QED) is 0.811. The number of hydrogen-bond donors (Lipinski definition) is 1. The van der Waals surface area contributed by atoms with E-state index in [1.54, 1.807) is 25.3 Å². The summed E-state index contributed by atoms with van der Waals surface area (Å²) in [7, 11) is 2.84. The van der Waals surface area contributed by atoms with Gasteiger partial charge in [-0.25, -0.2) is 0 Å². The smallest absolute Gasteiger partial charge is 0.306 e. The highest BCUT2D eigenvalue weighted by atomic mass is 35.5. The van der Waals surface area contributed by atoms with Crippen molar-refractivity contribution < 1.29 is 19.1 Å². The molecule has 1 aromatic carbocycles. The van der Waals surface area contributed by atoms with Crippen LogP contribution in [-0.2, 0) is 20.9 Å². The van der Waals surface area contributed by atoms with Crippen LogP contribution in [0.25, 0.3) is 0 Å². The molecule has 1 rings (SSSR count). The van der Waals surface area contributed by atoms with Gasteiger partial charge in [0.15, 0.2) is 0 Å². The number of carbonyl (C=O) groups excluding carboxylic acids is 2. The molecule has 19 heavy (non-hydrogen) atoms. The van der Waals surface area contributed by atoms with Crippen LogP contribution in [0.5, 0.6) is 5.75 Å². The number of esters is 1. The van der Waals surface area contributed by atoms with E-state index in [2.05, 4.69) is 10.1 Å². The molecule has 6 heteroatoms. The number of nitrogens with one attached hydrogen (secondary N) is 1. The highest BCUT2D eigenvalue weighted by molar-refractivity contribution is 6.31. The molecule has 1 amide bonds. The minimum Gasteiger partial charge on any atom is -0.497 e. The van der Waals surface area contributed by atoms with Gasteiger partial charge in [0.05, 0.1) is 20.6 Å². The first kappa shape index (κ1) is 15.3. The molecule has 104 valence electrons. The van der Waals surface area contributed by atoms with Crippen molar-refractivity contribution in [1.29, 1.82) is 0 Å². The van der Waals surface area contributed by atoms with E-state index in [1.807, 2.05) is 0 Å². The summed E-state index contributed by atoms with van der Waals surface area (Å²) in [6, 6.07) is 5.22. The van der Waals surface area contributed by atoms with Gasteiger partial charge in [-0.2, -0.15) is 0 Å². The van der Waals surface area contributed by atoms with Gasteiger partial charge in [0.25, 0.3) is 0 Å². The van der Waals surface area contributed by atoms with Gasteiger partial charge in [-0.3, -0.25) is 9.59 Å². The number of halogens is 1. The number of carbonyl (C=O) groups is 2. The molecular weight excluding hydrogens is 270 g/mol. The molecule has 5 nitrogen and oxygen atoms in total. The van der Waals surface area contributed by atoms with Crippen LogP contribution >= 0.6 is 11.6 Å². The van der Waals surface area contributed by atoms with Gasteiger partial charge < -0.3 is 14.8 Å². The lowest BCUT2D eigenvalue weighted by atomic mass is 10.2. The van der Waals surface area contributed by atoms with Crippen molar-refractivity contribution in [2.75, 3.05) is 14.2 Å². The Balaban J connectivity index is 2.44. The van der Waals surface area contributed by atoms with Crippen molar-refractivity contribution >= 4 is 23.5 Å². The number of hydrogen-bond acceptors (Lipinski definition) is 4. The van der Waals surface area contributed by atoms with Crippen molar-refractivity contribution in [3.05, 3.63) is 28.8 Å². The van der Waals surface area contributed by atoms with Crippen LogP contribution in [0, 0.1) is 0 Å². The van der Waals surface area contributed by atoms with Crippen molar-refractivity contribution in [3.63, 3.8) is 0 Å². The molecule has 1 aromatic rings. The molecule has 0 aliphatic heterocycles. The highest BCUT2D eigenvalue weighted by Gasteiger charge is 2.08. The lowest BCUT2D eigenvalue weighted by Crippen LogP contribution is -2.23. The monoisotopic (exact) mass is 285 g/mol. The molecule has 0 aliphatic carbocycles. The van der Waals surface area contributed by atoms with Crippen LogP contribution in [0.4, 0.5) is 0 Å². The molecule has 0 fully saturated rings. The second-order valence-electron chi connectivity index (χ2n) is 3.81. The Kier molecular flexibility index (Phi) is 6.15. The first-order valence-electron chi connectivity index (χ1n) is 5.72. The van der Waals surface area contributed by atoms with Gasteiger partial charge in [0.2, 0.25) is 5.91 Å². The zero-order valence-electron chi connectivity index (χ0n) is 10.9. The molecule has 0 saturated heterocycles. The molecule has 0 radical (unpaired) electrons. The van der Waals surface area contributed by atoms with Gasteiger partial charge in [0, 0.05) is 18.0 Å². The molecular formula is C13H16ClNO4. The number of rotatable bonds is 6. The average Bonchev–Trinajstić information content (AvgIpc) is 2.43. The number of methoxy groups -OCH3 is 2. The molecule has 0 aromatic heterocycles. The third kappa shape index (κ3) is 5.18. The Labute approximate surface area is 116 Å². The predicted octanol–water partition coefficient (Wildman–Crippen LogP) is 1.92. The summed E-state index contributed by atoms with van der Waals surface area (Å²) in [5.74, 6) is 0.0284. The second kappa shape index (κ2) is 7.63. The van der Waals surface area contributed by atoms with E-state index in [-0.39, 0.29) is 18.7 Å². The Bertz CT molecular complexity index is 462. The van der Waals surface area contributed by atoms with Crippen molar-refractivity contribution in [3.8, 4) is 5.75 Å². The molecule has 1 N–H and O–H groups in total. The van der Waals surface area contributed by atoms with Crippen LogP contribution in [0.3, 0.4) is 0 Å². The maximum absolute atomic E-state index is 11.5. The second-order valence-corrected chi connectivity index (χ2v) is 4.22. The minimum atomic E-state index is -0.405. The van der Waals surface area contributed by atoms with E-state index in [4.69, 9.17) is 16.3 Å². The summed E-state index contributed by atoms with van der Waals surface area (Å²) in [6.07, 6.45) is 0.166. The standard InChI is InChI=1S/C13H16ClNO4/c1-18-10-4-3-9(11(14)7-10)8-15-12(16)5-6-13(17)19-2/h3-4,7H,5-6,8H2,1-2H3,(H,15,16). The van der Waals surface area contributed by atoms with Gasteiger partial charge in [-0.15, -0.1) is 0 Å². The number of benzene rings is 1. The fourth-order valence-corrected chi connectivity index (χ4v) is 1.64. The van der Waals surface area contributed by atoms with Crippen LogP contribution < -0.4 is 10.1 Å². The number of ether oxygens (including phenoxy) is 2. The summed E-state index contributed by atoms with van der Waals surface area (Å²) in [5.41, 5.74) is 0.786. The van der Waals surface area contributed by atoms with Gasteiger partial charge >= 0.3 is 5.97 Å². The summed E-state index contributed by atoms with van der Waals surface area (Å²) < 4.78 is 9.48. The van der Waals surface area contributed by atoms with Gasteiger partial charge in [-0.05, 0) is 17.7 Å². The first-order chi connectivity index (χ1) is 9.06. The maximum Gasteiger partial charge on any atom is 0.306 e. The summed E-state index contributed by atoms with van der Waals surface area (Å²) in [4.78, 5) is 22.4. The molecule has 0 unspecified atom stereocenters. The zero-order chi connectivity index (χ0) is 14.3. The van der Waals surface area contributed by atoms with Gasteiger partial charge in [-0.1, -0.05) is 17.7 Å².